The third kappa shape index (κ3) is 5.85. The molecular formula is C15H23NO3. The van der Waals surface area contributed by atoms with Crippen LogP contribution in [-0.4, -0.2) is 42.8 Å². The molecule has 0 radical (unpaired) electrons. The Bertz CT molecular complexity index is 387. The summed E-state index contributed by atoms with van der Waals surface area (Å²) in [4.78, 5) is 13.7. The second-order valence-electron chi connectivity index (χ2n) is 5.15. The first kappa shape index (κ1) is 15.7. The Kier molecular flexibility index (Phi) is 6.53. The standard InChI is InChI=1S/C15H23NO3/c1-12(2)11-19-15(18)14-6-4-13(5-7-14)10-16(3)8-9-17/h4-7,12,17H,8-11H2,1-3H3. The number of carbonyl (C=O) groups is 1. The van der Waals surface area contributed by atoms with Crippen molar-refractivity contribution >= 4 is 5.97 Å². The Hall–Kier alpha value is -1.39. The normalized spacial score (nSPS) is 11.1. The number of aliphatic hydroxyl groups excluding tert-OH is 1. The molecule has 0 aromatic heterocycles. The molecule has 1 N–H and O–H groups in total. The zero-order valence-electron chi connectivity index (χ0n) is 11.9. The molecule has 1 rings (SSSR count). The first-order valence-corrected chi connectivity index (χ1v) is 6.58. The fourth-order valence-corrected chi connectivity index (χ4v) is 1.63. The SMILES string of the molecule is CC(C)COC(=O)c1ccc(CN(C)CCO)cc1. The lowest BCUT2D eigenvalue weighted by Crippen LogP contribution is -2.21. The summed E-state index contributed by atoms with van der Waals surface area (Å²) in [7, 11) is 1.95. The zero-order valence-corrected chi connectivity index (χ0v) is 11.9. The van der Waals surface area contributed by atoms with Gasteiger partial charge in [-0.15, -0.1) is 0 Å². The Morgan fingerprint density at radius 3 is 2.47 bits per heavy atom. The van der Waals surface area contributed by atoms with Gasteiger partial charge in [0.1, 0.15) is 0 Å². The highest BCUT2D eigenvalue weighted by Crippen LogP contribution is 2.08. The van der Waals surface area contributed by atoms with Gasteiger partial charge in [-0.25, -0.2) is 4.79 Å². The molecule has 0 unspecified atom stereocenters. The number of ether oxygens (including phenoxy) is 1. The van der Waals surface area contributed by atoms with Gasteiger partial charge in [-0.05, 0) is 30.7 Å². The van der Waals surface area contributed by atoms with Gasteiger partial charge in [-0.1, -0.05) is 26.0 Å². The third-order valence-corrected chi connectivity index (χ3v) is 2.67. The van der Waals surface area contributed by atoms with Gasteiger partial charge in [0, 0.05) is 13.1 Å². The average molecular weight is 265 g/mol. The highest BCUT2D eigenvalue weighted by Gasteiger charge is 2.08. The van der Waals surface area contributed by atoms with Gasteiger partial charge in [-0.3, -0.25) is 4.90 Å². The fraction of sp³-hybridized carbons (Fsp3) is 0.533. The first-order chi connectivity index (χ1) is 9.02. The third-order valence-electron chi connectivity index (χ3n) is 2.67. The molecule has 0 fully saturated rings. The van der Waals surface area contributed by atoms with E-state index in [0.29, 0.717) is 24.6 Å². The number of hydrogen-bond acceptors (Lipinski definition) is 4. The van der Waals surface area contributed by atoms with Crippen LogP contribution < -0.4 is 0 Å². The van der Waals surface area contributed by atoms with Gasteiger partial charge in [0.25, 0.3) is 0 Å². The maximum Gasteiger partial charge on any atom is 0.338 e. The van der Waals surface area contributed by atoms with Crippen molar-refractivity contribution in [2.75, 3.05) is 26.8 Å². The van der Waals surface area contributed by atoms with Gasteiger partial charge >= 0.3 is 5.97 Å². The lowest BCUT2D eigenvalue weighted by molar-refractivity contribution is 0.0459. The van der Waals surface area contributed by atoms with E-state index in [1.54, 1.807) is 12.1 Å². The summed E-state index contributed by atoms with van der Waals surface area (Å²) >= 11 is 0. The summed E-state index contributed by atoms with van der Waals surface area (Å²) in [5, 5.41) is 8.83. The lowest BCUT2D eigenvalue weighted by atomic mass is 10.1. The zero-order chi connectivity index (χ0) is 14.3. The molecule has 0 aliphatic heterocycles. The van der Waals surface area contributed by atoms with Gasteiger partial charge < -0.3 is 9.84 Å². The molecule has 1 aromatic rings. The van der Waals surface area contributed by atoms with E-state index in [0.717, 1.165) is 12.1 Å². The molecular weight excluding hydrogens is 242 g/mol. The van der Waals surface area contributed by atoms with Crippen molar-refractivity contribution < 1.29 is 14.6 Å². The van der Waals surface area contributed by atoms with Crippen LogP contribution in [-0.2, 0) is 11.3 Å². The van der Waals surface area contributed by atoms with Crippen molar-refractivity contribution in [3.05, 3.63) is 35.4 Å². The van der Waals surface area contributed by atoms with Crippen LogP contribution in [0.1, 0.15) is 29.8 Å². The van der Waals surface area contributed by atoms with Gasteiger partial charge in [0.05, 0.1) is 18.8 Å². The van der Waals surface area contributed by atoms with E-state index in [9.17, 15) is 4.79 Å². The van der Waals surface area contributed by atoms with Crippen LogP contribution in [0, 0.1) is 5.92 Å². The predicted molar refractivity (Wildman–Crippen MR) is 75.0 cm³/mol. The minimum Gasteiger partial charge on any atom is -0.462 e. The van der Waals surface area contributed by atoms with E-state index in [-0.39, 0.29) is 12.6 Å². The van der Waals surface area contributed by atoms with E-state index in [2.05, 4.69) is 0 Å². The number of hydrogen-bond donors (Lipinski definition) is 1. The van der Waals surface area contributed by atoms with Crippen molar-refractivity contribution in [3.63, 3.8) is 0 Å². The molecule has 0 saturated heterocycles. The number of esters is 1. The number of rotatable bonds is 7. The van der Waals surface area contributed by atoms with Crippen molar-refractivity contribution in [1.29, 1.82) is 0 Å². The first-order valence-electron chi connectivity index (χ1n) is 6.58. The van der Waals surface area contributed by atoms with Crippen LogP contribution in [0.25, 0.3) is 0 Å². The molecule has 0 amide bonds. The molecule has 0 atom stereocenters. The maximum atomic E-state index is 11.7. The molecule has 0 aliphatic rings. The number of aliphatic hydroxyl groups is 1. The lowest BCUT2D eigenvalue weighted by Gasteiger charge is -2.15. The van der Waals surface area contributed by atoms with E-state index < -0.39 is 0 Å². The van der Waals surface area contributed by atoms with E-state index in [4.69, 9.17) is 9.84 Å². The summed E-state index contributed by atoms with van der Waals surface area (Å²) in [6.45, 7) is 6.00. The molecule has 4 heteroatoms. The van der Waals surface area contributed by atoms with Crippen LogP contribution in [0.2, 0.25) is 0 Å². The minimum atomic E-state index is -0.274. The Morgan fingerprint density at radius 1 is 1.32 bits per heavy atom. The molecule has 0 spiro atoms. The van der Waals surface area contributed by atoms with E-state index >= 15 is 0 Å². The second-order valence-corrected chi connectivity index (χ2v) is 5.15. The minimum absolute atomic E-state index is 0.149. The molecule has 0 bridgehead atoms. The molecule has 4 nitrogen and oxygen atoms in total. The fourth-order valence-electron chi connectivity index (χ4n) is 1.63. The van der Waals surface area contributed by atoms with Crippen molar-refractivity contribution in [1.82, 2.24) is 4.90 Å². The van der Waals surface area contributed by atoms with Crippen LogP contribution in [0.15, 0.2) is 24.3 Å². The summed E-state index contributed by atoms with van der Waals surface area (Å²) in [6, 6.07) is 7.40. The highest BCUT2D eigenvalue weighted by molar-refractivity contribution is 5.89. The summed E-state index contributed by atoms with van der Waals surface area (Å²) in [5.74, 6) is 0.0688. The van der Waals surface area contributed by atoms with Gasteiger partial charge in [0.15, 0.2) is 0 Å². The number of likely N-dealkylation sites (N-methyl/N-ethyl adjacent to an activating group) is 1. The molecule has 0 aliphatic carbocycles. The maximum absolute atomic E-state index is 11.7. The van der Waals surface area contributed by atoms with E-state index in [1.807, 2.05) is 37.9 Å². The van der Waals surface area contributed by atoms with Gasteiger partial charge in [-0.2, -0.15) is 0 Å². The van der Waals surface area contributed by atoms with Crippen LogP contribution in [0.4, 0.5) is 0 Å². The topological polar surface area (TPSA) is 49.8 Å². The Balaban J connectivity index is 2.53. The van der Waals surface area contributed by atoms with Gasteiger partial charge in [0.2, 0.25) is 0 Å². The average Bonchev–Trinajstić information content (AvgIpc) is 2.37. The molecule has 0 saturated carbocycles. The number of benzene rings is 1. The van der Waals surface area contributed by atoms with E-state index in [1.165, 1.54) is 0 Å². The molecule has 106 valence electrons. The molecule has 19 heavy (non-hydrogen) atoms. The molecule has 1 aromatic carbocycles. The molecule has 0 heterocycles. The Labute approximate surface area is 115 Å². The summed E-state index contributed by atoms with van der Waals surface area (Å²) < 4.78 is 5.17. The number of carbonyl (C=O) groups excluding carboxylic acids is 1. The number of nitrogens with zero attached hydrogens (tertiary/aromatic N) is 1. The quantitative estimate of drug-likeness (QED) is 0.765. The largest absolute Gasteiger partial charge is 0.462 e. The van der Waals surface area contributed by atoms with Crippen molar-refractivity contribution in [3.8, 4) is 0 Å². The second kappa shape index (κ2) is 7.92. The summed E-state index contributed by atoms with van der Waals surface area (Å²) in [5.41, 5.74) is 1.69. The van der Waals surface area contributed by atoms with Crippen molar-refractivity contribution in [2.45, 2.75) is 20.4 Å². The Morgan fingerprint density at radius 2 is 1.95 bits per heavy atom. The monoisotopic (exact) mass is 265 g/mol. The van der Waals surface area contributed by atoms with Crippen molar-refractivity contribution in [2.24, 2.45) is 5.92 Å². The smallest absolute Gasteiger partial charge is 0.338 e. The summed E-state index contributed by atoms with van der Waals surface area (Å²) in [6.07, 6.45) is 0. The van der Waals surface area contributed by atoms with Crippen LogP contribution in [0.3, 0.4) is 0 Å². The van der Waals surface area contributed by atoms with Crippen LogP contribution in [0.5, 0.6) is 0 Å². The van der Waals surface area contributed by atoms with Crippen LogP contribution >= 0.6 is 0 Å². The highest BCUT2D eigenvalue weighted by atomic mass is 16.5. The predicted octanol–water partition coefficient (Wildman–Crippen LogP) is 1.92.